The lowest BCUT2D eigenvalue weighted by molar-refractivity contribution is 0.397. The Morgan fingerprint density at radius 1 is 1.18 bits per heavy atom. The minimum Gasteiger partial charge on any atom is -0.480 e. The van der Waals surface area contributed by atoms with Crippen LogP contribution in [-0.2, 0) is 0 Å². The van der Waals surface area contributed by atoms with Gasteiger partial charge in [0.15, 0.2) is 0 Å². The first kappa shape index (κ1) is 12.4. The lowest BCUT2D eigenvalue weighted by Gasteiger charge is -2.06. The normalized spacial score (nSPS) is 10.3. The van der Waals surface area contributed by atoms with E-state index >= 15 is 0 Å². The summed E-state index contributed by atoms with van der Waals surface area (Å²) in [5.41, 5.74) is 0. The second-order valence-corrected chi connectivity index (χ2v) is 4.74. The maximum Gasteiger partial charge on any atom is 0.233 e. The quantitative estimate of drug-likeness (QED) is 0.867. The third kappa shape index (κ3) is 3.00. The molecule has 7 heteroatoms. The van der Waals surface area contributed by atoms with Gasteiger partial charge in [0.2, 0.25) is 5.88 Å². The second-order valence-electron chi connectivity index (χ2n) is 2.91. The van der Waals surface area contributed by atoms with Crippen molar-refractivity contribution < 1.29 is 4.74 Å². The van der Waals surface area contributed by atoms with E-state index in [1.165, 1.54) is 25.1 Å². The minimum absolute atomic E-state index is 0.354. The third-order valence-electron chi connectivity index (χ3n) is 1.83. The number of halogens is 2. The molecule has 0 amide bonds. The van der Waals surface area contributed by atoms with E-state index in [4.69, 9.17) is 27.9 Å². The van der Waals surface area contributed by atoms with Gasteiger partial charge in [-0.15, -0.1) is 0 Å². The Bertz CT molecular complexity index is 521. The van der Waals surface area contributed by atoms with E-state index in [1.54, 1.807) is 18.5 Å². The van der Waals surface area contributed by atoms with Crippen molar-refractivity contribution in [1.82, 2.24) is 15.0 Å². The predicted octanol–water partition coefficient (Wildman–Crippen LogP) is 3.34. The Labute approximate surface area is 112 Å². The Balaban J connectivity index is 2.27. The van der Waals surface area contributed by atoms with Crippen LogP contribution in [0.15, 0.2) is 34.6 Å². The molecule has 4 nitrogen and oxygen atoms in total. The van der Waals surface area contributed by atoms with E-state index in [2.05, 4.69) is 15.0 Å². The van der Waals surface area contributed by atoms with E-state index in [9.17, 15) is 0 Å². The number of nitrogens with zero attached hydrogens (tertiary/aromatic N) is 3. The highest BCUT2D eigenvalue weighted by atomic mass is 35.5. The number of methoxy groups -OCH3 is 1. The van der Waals surface area contributed by atoms with E-state index < -0.39 is 0 Å². The maximum absolute atomic E-state index is 6.11. The average Bonchev–Trinajstić information content (AvgIpc) is 2.35. The van der Waals surface area contributed by atoms with Gasteiger partial charge in [0.1, 0.15) is 15.2 Å². The van der Waals surface area contributed by atoms with Gasteiger partial charge in [-0.25, -0.2) is 15.0 Å². The van der Waals surface area contributed by atoms with E-state index in [1.807, 2.05) is 0 Å². The van der Waals surface area contributed by atoms with Crippen molar-refractivity contribution in [2.45, 2.75) is 9.92 Å². The molecule has 0 radical (unpaired) electrons. The summed E-state index contributed by atoms with van der Waals surface area (Å²) in [7, 11) is 1.52. The van der Waals surface area contributed by atoms with Crippen molar-refractivity contribution in [2.24, 2.45) is 0 Å². The predicted molar refractivity (Wildman–Crippen MR) is 67.0 cm³/mol. The third-order valence-corrected chi connectivity index (χ3v) is 3.48. The van der Waals surface area contributed by atoms with E-state index in [0.717, 1.165) is 4.90 Å². The summed E-state index contributed by atoms with van der Waals surface area (Å²) in [5, 5.41) is 1.51. The Morgan fingerprint density at radius 2 is 2.00 bits per heavy atom. The van der Waals surface area contributed by atoms with Crippen LogP contribution in [0.3, 0.4) is 0 Å². The van der Waals surface area contributed by atoms with E-state index in [-0.39, 0.29) is 0 Å². The van der Waals surface area contributed by atoms with Crippen LogP contribution in [0.5, 0.6) is 5.88 Å². The molecule has 0 bridgehead atoms. The fourth-order valence-corrected chi connectivity index (χ4v) is 2.24. The van der Waals surface area contributed by atoms with Crippen molar-refractivity contribution >= 4 is 35.0 Å². The summed E-state index contributed by atoms with van der Waals surface area (Å²) < 4.78 is 5.03. The molecule has 2 heterocycles. The molecule has 2 aromatic rings. The van der Waals surface area contributed by atoms with Crippen molar-refractivity contribution in [3.05, 3.63) is 34.8 Å². The molecule has 2 rings (SSSR count). The molecule has 88 valence electrons. The monoisotopic (exact) mass is 287 g/mol. The van der Waals surface area contributed by atoms with Gasteiger partial charge in [-0.2, -0.15) is 0 Å². The zero-order valence-electron chi connectivity index (χ0n) is 8.72. The van der Waals surface area contributed by atoms with Gasteiger partial charge in [-0.05, 0) is 6.07 Å². The van der Waals surface area contributed by atoms with E-state index in [0.29, 0.717) is 21.1 Å². The Hall–Kier alpha value is -1.04. The number of aromatic nitrogens is 3. The molecule has 0 spiro atoms. The number of hydrogen-bond acceptors (Lipinski definition) is 5. The molecule has 0 N–H and O–H groups in total. The first-order valence-corrected chi connectivity index (χ1v) is 6.12. The van der Waals surface area contributed by atoms with Crippen LogP contribution in [0.1, 0.15) is 0 Å². The number of hydrogen-bond donors (Lipinski definition) is 0. The van der Waals surface area contributed by atoms with Crippen molar-refractivity contribution in [3.8, 4) is 5.88 Å². The molecular weight excluding hydrogens is 281 g/mol. The van der Waals surface area contributed by atoms with Crippen LogP contribution >= 0.6 is 35.0 Å². The zero-order chi connectivity index (χ0) is 12.3. The summed E-state index contributed by atoms with van der Waals surface area (Å²) in [5.74, 6) is 0.388. The van der Waals surface area contributed by atoms with Crippen LogP contribution in [0, 0.1) is 0 Å². The van der Waals surface area contributed by atoms with Crippen molar-refractivity contribution in [1.29, 1.82) is 0 Å². The number of rotatable bonds is 3. The van der Waals surface area contributed by atoms with Gasteiger partial charge >= 0.3 is 0 Å². The fourth-order valence-electron chi connectivity index (χ4n) is 1.09. The van der Waals surface area contributed by atoms with Crippen molar-refractivity contribution in [3.63, 3.8) is 0 Å². The van der Waals surface area contributed by atoms with Crippen LogP contribution in [0.2, 0.25) is 10.2 Å². The van der Waals surface area contributed by atoms with Crippen LogP contribution in [-0.4, -0.2) is 22.1 Å². The standard InChI is InChI=1S/C10H7Cl2N3OS/c1-16-10-9(12)6(2-3-13-10)17-8-5-14-7(11)4-15-8/h2-5H,1H3. The molecule has 0 unspecified atom stereocenters. The summed E-state index contributed by atoms with van der Waals surface area (Å²) in [6.45, 7) is 0. The van der Waals surface area contributed by atoms with Gasteiger partial charge in [-0.1, -0.05) is 35.0 Å². The molecule has 0 aromatic carbocycles. The smallest absolute Gasteiger partial charge is 0.233 e. The van der Waals surface area contributed by atoms with Crippen LogP contribution in [0.4, 0.5) is 0 Å². The maximum atomic E-state index is 6.11. The molecule has 0 atom stereocenters. The van der Waals surface area contributed by atoms with Gasteiger partial charge in [-0.3, -0.25) is 0 Å². The molecule has 17 heavy (non-hydrogen) atoms. The molecule has 0 aliphatic carbocycles. The fraction of sp³-hybridized carbons (Fsp3) is 0.100. The van der Waals surface area contributed by atoms with Crippen LogP contribution < -0.4 is 4.74 Å². The number of ether oxygens (including phenoxy) is 1. The zero-order valence-corrected chi connectivity index (χ0v) is 11.1. The minimum atomic E-state index is 0.354. The Morgan fingerprint density at radius 3 is 2.65 bits per heavy atom. The number of pyridine rings is 1. The SMILES string of the molecule is COc1nccc(Sc2cnc(Cl)cn2)c1Cl. The first-order valence-electron chi connectivity index (χ1n) is 4.54. The lowest BCUT2D eigenvalue weighted by Crippen LogP contribution is -1.90. The summed E-state index contributed by atoms with van der Waals surface area (Å²) in [4.78, 5) is 12.8. The highest BCUT2D eigenvalue weighted by Crippen LogP contribution is 2.35. The molecule has 0 aliphatic rings. The Kier molecular flexibility index (Phi) is 4.04. The summed E-state index contributed by atoms with van der Waals surface area (Å²) >= 11 is 13.1. The topological polar surface area (TPSA) is 47.9 Å². The average molecular weight is 288 g/mol. The van der Waals surface area contributed by atoms with Gasteiger partial charge < -0.3 is 4.74 Å². The summed E-state index contributed by atoms with van der Waals surface area (Å²) in [6.07, 6.45) is 4.68. The highest BCUT2D eigenvalue weighted by Gasteiger charge is 2.10. The molecule has 0 saturated heterocycles. The molecule has 0 aliphatic heterocycles. The molecule has 0 fully saturated rings. The first-order chi connectivity index (χ1) is 8.20. The molecule has 2 aromatic heterocycles. The van der Waals surface area contributed by atoms with Gasteiger partial charge in [0.05, 0.1) is 19.5 Å². The molecular formula is C10H7Cl2N3OS. The summed E-state index contributed by atoms with van der Waals surface area (Å²) in [6, 6.07) is 1.78. The van der Waals surface area contributed by atoms with Gasteiger partial charge in [0, 0.05) is 11.1 Å². The largest absolute Gasteiger partial charge is 0.480 e. The van der Waals surface area contributed by atoms with Crippen molar-refractivity contribution in [2.75, 3.05) is 7.11 Å². The van der Waals surface area contributed by atoms with Gasteiger partial charge in [0.25, 0.3) is 0 Å². The van der Waals surface area contributed by atoms with Crippen LogP contribution in [0.25, 0.3) is 0 Å². The lowest BCUT2D eigenvalue weighted by atomic mass is 10.5. The highest BCUT2D eigenvalue weighted by molar-refractivity contribution is 7.99. The second kappa shape index (κ2) is 5.53. The molecule has 0 saturated carbocycles.